The molecule has 0 spiro atoms. The molecule has 1 aromatic carbocycles. The van der Waals surface area contributed by atoms with Crippen LogP contribution in [0.15, 0.2) is 36.5 Å². The number of piperidine rings is 1. The minimum atomic E-state index is -0.274. The molecule has 1 saturated heterocycles. The van der Waals surface area contributed by atoms with E-state index in [0.29, 0.717) is 19.0 Å². The number of anilines is 1. The Labute approximate surface area is 191 Å². The lowest BCUT2D eigenvalue weighted by molar-refractivity contribution is 0.139. The molecule has 1 fully saturated rings. The van der Waals surface area contributed by atoms with Gasteiger partial charge in [-0.1, -0.05) is 11.6 Å². The van der Waals surface area contributed by atoms with E-state index < -0.39 is 0 Å². The maximum absolute atomic E-state index is 14.2. The lowest BCUT2D eigenvalue weighted by Crippen LogP contribution is -2.34. The van der Waals surface area contributed by atoms with Crippen LogP contribution < -0.4 is 4.90 Å². The van der Waals surface area contributed by atoms with E-state index in [1.165, 1.54) is 6.07 Å². The van der Waals surface area contributed by atoms with Gasteiger partial charge in [0, 0.05) is 50.4 Å². The van der Waals surface area contributed by atoms with Crippen molar-refractivity contribution in [2.24, 2.45) is 0 Å². The fourth-order valence-electron chi connectivity index (χ4n) is 4.69. The van der Waals surface area contributed by atoms with Gasteiger partial charge >= 0.3 is 0 Å². The minimum Gasteiger partial charge on any atom is -0.383 e. The van der Waals surface area contributed by atoms with E-state index in [2.05, 4.69) is 30.7 Å². The summed E-state index contributed by atoms with van der Waals surface area (Å²) in [6.07, 6.45) is 3.37. The summed E-state index contributed by atoms with van der Waals surface area (Å²) in [7, 11) is 1.71. The molecular weight excluding hydrogens is 431 g/mol. The Bertz CT molecular complexity index is 1100. The number of halogens is 2. The molecule has 2 aliphatic heterocycles. The minimum absolute atomic E-state index is 0.244. The van der Waals surface area contributed by atoms with E-state index in [0.717, 1.165) is 66.9 Å². The third-order valence-corrected chi connectivity index (χ3v) is 6.54. The molecule has 5 rings (SSSR count). The zero-order valence-corrected chi connectivity index (χ0v) is 18.8. The van der Waals surface area contributed by atoms with Gasteiger partial charge in [0.25, 0.3) is 0 Å². The predicted octanol–water partition coefficient (Wildman–Crippen LogP) is 3.80. The molecule has 0 N–H and O–H groups in total. The van der Waals surface area contributed by atoms with E-state index >= 15 is 0 Å². The van der Waals surface area contributed by atoms with Gasteiger partial charge in [-0.25, -0.2) is 9.37 Å². The molecular formula is C23H26ClFN6O. The summed E-state index contributed by atoms with van der Waals surface area (Å²) in [5.74, 6) is 2.30. The Morgan fingerprint density at radius 2 is 2.00 bits per heavy atom. The second-order valence-corrected chi connectivity index (χ2v) is 8.79. The van der Waals surface area contributed by atoms with Crippen molar-refractivity contribution in [3.63, 3.8) is 0 Å². The Hall–Kier alpha value is -2.55. The van der Waals surface area contributed by atoms with Gasteiger partial charge < -0.3 is 9.64 Å². The molecule has 0 bridgehead atoms. The average Bonchev–Trinajstić information content (AvgIpc) is 3.14. The monoisotopic (exact) mass is 456 g/mol. The van der Waals surface area contributed by atoms with Gasteiger partial charge in [0.2, 0.25) is 0 Å². The molecule has 2 aromatic heterocycles. The molecule has 0 radical (unpaired) electrons. The number of methoxy groups -OCH3 is 1. The number of rotatable bonds is 5. The van der Waals surface area contributed by atoms with Crippen molar-refractivity contribution >= 4 is 17.4 Å². The van der Waals surface area contributed by atoms with Gasteiger partial charge in [-0.15, -0.1) is 10.2 Å². The lowest BCUT2D eigenvalue weighted by Gasteiger charge is -2.32. The molecule has 4 heterocycles. The maximum atomic E-state index is 14.2. The van der Waals surface area contributed by atoms with Crippen molar-refractivity contribution < 1.29 is 9.13 Å². The number of aromatic nitrogens is 4. The Morgan fingerprint density at radius 1 is 1.16 bits per heavy atom. The zero-order chi connectivity index (χ0) is 22.1. The largest absolute Gasteiger partial charge is 0.383 e. The number of fused-ring (bicyclic) bond motifs is 3. The topological polar surface area (TPSA) is 59.3 Å². The SMILES string of the molecule is COCCN1Cc2cc(Cl)ccc2-n2c(nnc2C2CCN(c3ncccc3F)CC2)C1. The van der Waals surface area contributed by atoms with E-state index in [-0.39, 0.29) is 11.7 Å². The highest BCUT2D eigenvalue weighted by atomic mass is 35.5. The first kappa shape index (κ1) is 21.3. The molecule has 32 heavy (non-hydrogen) atoms. The van der Waals surface area contributed by atoms with Crippen LogP contribution in [0.2, 0.25) is 5.02 Å². The molecule has 168 valence electrons. The summed E-state index contributed by atoms with van der Waals surface area (Å²) in [6, 6.07) is 9.10. The average molecular weight is 457 g/mol. The van der Waals surface area contributed by atoms with Crippen LogP contribution in [0, 0.1) is 5.82 Å². The fourth-order valence-corrected chi connectivity index (χ4v) is 4.89. The second-order valence-electron chi connectivity index (χ2n) is 8.36. The zero-order valence-electron chi connectivity index (χ0n) is 18.0. The van der Waals surface area contributed by atoms with Crippen LogP contribution in [-0.2, 0) is 17.8 Å². The van der Waals surface area contributed by atoms with Gasteiger partial charge in [-0.2, -0.15) is 0 Å². The van der Waals surface area contributed by atoms with Crippen LogP contribution in [-0.4, -0.2) is 58.0 Å². The van der Waals surface area contributed by atoms with Gasteiger partial charge in [-0.3, -0.25) is 9.47 Å². The van der Waals surface area contributed by atoms with Crippen molar-refractivity contribution in [2.45, 2.75) is 31.8 Å². The highest BCUT2D eigenvalue weighted by Gasteiger charge is 2.30. The molecule has 3 aromatic rings. The fraction of sp³-hybridized carbons (Fsp3) is 0.435. The smallest absolute Gasteiger partial charge is 0.165 e. The Kier molecular flexibility index (Phi) is 6.08. The standard InChI is InChI=1S/C23H26ClFN6O/c1-32-12-11-29-14-17-13-18(24)4-5-20(17)31-21(15-29)27-28-22(31)16-6-9-30(10-7-16)23-19(25)3-2-8-26-23/h2-5,8,13,16H,6-7,9-12,14-15H2,1H3. The first-order valence-corrected chi connectivity index (χ1v) is 11.3. The molecule has 9 heteroatoms. The third kappa shape index (κ3) is 4.10. The van der Waals surface area contributed by atoms with Crippen molar-refractivity contribution in [2.75, 3.05) is 38.3 Å². The van der Waals surface area contributed by atoms with Crippen molar-refractivity contribution in [3.05, 3.63) is 64.6 Å². The van der Waals surface area contributed by atoms with Crippen LogP contribution >= 0.6 is 11.6 Å². The van der Waals surface area contributed by atoms with E-state index in [1.54, 1.807) is 19.4 Å². The Morgan fingerprint density at radius 3 is 2.78 bits per heavy atom. The van der Waals surface area contributed by atoms with E-state index in [1.807, 2.05) is 17.0 Å². The molecule has 0 atom stereocenters. The molecule has 2 aliphatic rings. The summed E-state index contributed by atoms with van der Waals surface area (Å²) in [6.45, 7) is 4.39. The van der Waals surface area contributed by atoms with Gasteiger partial charge in [0.1, 0.15) is 5.82 Å². The summed E-state index contributed by atoms with van der Waals surface area (Å²) in [5, 5.41) is 9.92. The van der Waals surface area contributed by atoms with Crippen LogP contribution in [0.5, 0.6) is 0 Å². The second kappa shape index (κ2) is 9.13. The number of hydrogen-bond donors (Lipinski definition) is 0. The number of hydrogen-bond acceptors (Lipinski definition) is 6. The van der Waals surface area contributed by atoms with Crippen LogP contribution in [0.1, 0.15) is 36.0 Å². The number of pyridine rings is 1. The first-order chi connectivity index (χ1) is 15.6. The van der Waals surface area contributed by atoms with Crippen LogP contribution in [0.25, 0.3) is 5.69 Å². The van der Waals surface area contributed by atoms with E-state index in [4.69, 9.17) is 16.3 Å². The summed E-state index contributed by atoms with van der Waals surface area (Å²) < 4.78 is 21.7. The van der Waals surface area contributed by atoms with Gasteiger partial charge in [0.15, 0.2) is 17.5 Å². The van der Waals surface area contributed by atoms with Crippen molar-refractivity contribution in [3.8, 4) is 5.69 Å². The normalized spacial score (nSPS) is 17.2. The first-order valence-electron chi connectivity index (χ1n) is 10.9. The molecule has 0 saturated carbocycles. The molecule has 0 aliphatic carbocycles. The molecule has 0 amide bonds. The third-order valence-electron chi connectivity index (χ3n) is 6.31. The number of ether oxygens (including phenoxy) is 1. The molecule has 7 nitrogen and oxygen atoms in total. The van der Waals surface area contributed by atoms with Crippen LogP contribution in [0.4, 0.5) is 10.2 Å². The quantitative estimate of drug-likeness (QED) is 0.582. The lowest BCUT2D eigenvalue weighted by atomic mass is 9.95. The number of benzene rings is 1. The van der Waals surface area contributed by atoms with Crippen LogP contribution in [0.3, 0.4) is 0 Å². The van der Waals surface area contributed by atoms with Crippen molar-refractivity contribution in [1.29, 1.82) is 0 Å². The summed E-state index contributed by atoms with van der Waals surface area (Å²) in [4.78, 5) is 8.56. The summed E-state index contributed by atoms with van der Waals surface area (Å²) in [5.41, 5.74) is 2.24. The van der Waals surface area contributed by atoms with Gasteiger partial charge in [0.05, 0.1) is 18.8 Å². The highest BCUT2D eigenvalue weighted by Crippen LogP contribution is 2.34. The predicted molar refractivity (Wildman–Crippen MR) is 121 cm³/mol. The maximum Gasteiger partial charge on any atom is 0.165 e. The van der Waals surface area contributed by atoms with E-state index in [9.17, 15) is 4.39 Å². The van der Waals surface area contributed by atoms with Gasteiger partial charge in [-0.05, 0) is 48.7 Å². The highest BCUT2D eigenvalue weighted by molar-refractivity contribution is 6.30. The Balaban J connectivity index is 1.43. The molecule has 0 unspecified atom stereocenters. The van der Waals surface area contributed by atoms with Crippen molar-refractivity contribution in [1.82, 2.24) is 24.6 Å². The summed E-state index contributed by atoms with van der Waals surface area (Å²) >= 11 is 6.33. The number of nitrogens with zero attached hydrogens (tertiary/aromatic N) is 6.